The topological polar surface area (TPSA) is 35.5 Å². The number of hydrogen-bond donors (Lipinski definition) is 2. The molecule has 1 fully saturated rings. The minimum absolute atomic E-state index is 0.0922. The predicted octanol–water partition coefficient (Wildman–Crippen LogP) is 0.903. The molecule has 1 saturated heterocycles. The molecule has 1 aliphatic heterocycles. The molecule has 5 heteroatoms. The van der Waals surface area contributed by atoms with Gasteiger partial charge < -0.3 is 10.4 Å². The van der Waals surface area contributed by atoms with Crippen LogP contribution in [0, 0.1) is 11.6 Å². The lowest BCUT2D eigenvalue weighted by molar-refractivity contribution is 0.110. The Labute approximate surface area is 99.1 Å². The van der Waals surface area contributed by atoms with Crippen LogP contribution in [0.4, 0.5) is 8.78 Å². The van der Waals surface area contributed by atoms with Crippen LogP contribution in [0.3, 0.4) is 0 Å². The molecule has 0 bridgehead atoms. The van der Waals surface area contributed by atoms with Crippen LogP contribution in [0.5, 0.6) is 0 Å². The molecule has 1 aromatic carbocycles. The zero-order valence-corrected chi connectivity index (χ0v) is 9.50. The van der Waals surface area contributed by atoms with Gasteiger partial charge in [0.1, 0.15) is 0 Å². The summed E-state index contributed by atoms with van der Waals surface area (Å²) in [5.74, 6) is -1.72. The average molecular weight is 242 g/mol. The number of rotatable bonds is 3. The minimum Gasteiger partial charge on any atom is -0.394 e. The van der Waals surface area contributed by atoms with Crippen LogP contribution in [-0.4, -0.2) is 42.8 Å². The van der Waals surface area contributed by atoms with E-state index in [1.807, 2.05) is 0 Å². The molecule has 0 unspecified atom stereocenters. The van der Waals surface area contributed by atoms with E-state index >= 15 is 0 Å². The lowest BCUT2D eigenvalue weighted by Crippen LogP contribution is -2.46. The third-order valence-electron chi connectivity index (χ3n) is 3.09. The van der Waals surface area contributed by atoms with Crippen molar-refractivity contribution in [2.45, 2.75) is 6.04 Å². The molecule has 2 rings (SSSR count). The van der Waals surface area contributed by atoms with E-state index in [-0.39, 0.29) is 12.6 Å². The van der Waals surface area contributed by atoms with Gasteiger partial charge >= 0.3 is 0 Å². The molecule has 0 radical (unpaired) electrons. The first-order valence-corrected chi connectivity index (χ1v) is 5.73. The third-order valence-corrected chi connectivity index (χ3v) is 3.09. The SMILES string of the molecule is OC[C@@H](c1ccc(F)c(F)c1)N1CCNCC1. The Balaban J connectivity index is 2.18. The van der Waals surface area contributed by atoms with Crippen molar-refractivity contribution >= 4 is 0 Å². The number of nitrogens with one attached hydrogen (secondary N) is 1. The number of benzene rings is 1. The molecule has 94 valence electrons. The average Bonchev–Trinajstić information content (AvgIpc) is 2.36. The molecule has 0 saturated carbocycles. The first-order valence-electron chi connectivity index (χ1n) is 5.73. The molecule has 1 atom stereocenters. The molecular formula is C12H16F2N2O. The first kappa shape index (κ1) is 12.4. The van der Waals surface area contributed by atoms with E-state index in [1.165, 1.54) is 6.07 Å². The van der Waals surface area contributed by atoms with Gasteiger partial charge in [-0.15, -0.1) is 0 Å². The summed E-state index contributed by atoms with van der Waals surface area (Å²) < 4.78 is 26.0. The van der Waals surface area contributed by atoms with Crippen LogP contribution >= 0.6 is 0 Å². The number of piperazine rings is 1. The maximum atomic E-state index is 13.2. The summed E-state index contributed by atoms with van der Waals surface area (Å²) in [5.41, 5.74) is 0.619. The van der Waals surface area contributed by atoms with Gasteiger partial charge in [0.2, 0.25) is 0 Å². The van der Waals surface area contributed by atoms with E-state index in [0.29, 0.717) is 5.56 Å². The zero-order chi connectivity index (χ0) is 12.3. The van der Waals surface area contributed by atoms with Crippen molar-refractivity contribution in [2.75, 3.05) is 32.8 Å². The van der Waals surface area contributed by atoms with Gasteiger partial charge in [-0.3, -0.25) is 4.90 Å². The highest BCUT2D eigenvalue weighted by molar-refractivity contribution is 5.21. The van der Waals surface area contributed by atoms with Crippen molar-refractivity contribution in [3.05, 3.63) is 35.4 Å². The van der Waals surface area contributed by atoms with E-state index in [1.54, 1.807) is 0 Å². The molecular weight excluding hydrogens is 226 g/mol. The van der Waals surface area contributed by atoms with Gasteiger partial charge in [0, 0.05) is 26.2 Å². The van der Waals surface area contributed by atoms with E-state index in [2.05, 4.69) is 10.2 Å². The van der Waals surface area contributed by atoms with Crippen molar-refractivity contribution in [1.82, 2.24) is 10.2 Å². The molecule has 1 aliphatic rings. The van der Waals surface area contributed by atoms with Crippen molar-refractivity contribution in [2.24, 2.45) is 0 Å². The van der Waals surface area contributed by atoms with Crippen molar-refractivity contribution in [3.63, 3.8) is 0 Å². The van der Waals surface area contributed by atoms with Crippen LogP contribution in [0.25, 0.3) is 0 Å². The van der Waals surface area contributed by atoms with Gasteiger partial charge in [0.15, 0.2) is 11.6 Å². The summed E-state index contributed by atoms with van der Waals surface area (Å²) in [4.78, 5) is 2.07. The Bertz CT molecular complexity index is 381. The van der Waals surface area contributed by atoms with E-state index < -0.39 is 11.6 Å². The number of aliphatic hydroxyl groups is 1. The summed E-state index contributed by atoms with van der Waals surface area (Å²) >= 11 is 0. The lowest BCUT2D eigenvalue weighted by atomic mass is 10.0. The number of nitrogens with zero attached hydrogens (tertiary/aromatic N) is 1. The highest BCUT2D eigenvalue weighted by Crippen LogP contribution is 2.22. The second-order valence-electron chi connectivity index (χ2n) is 4.16. The minimum atomic E-state index is -0.865. The number of halogens is 2. The second kappa shape index (κ2) is 5.53. The largest absolute Gasteiger partial charge is 0.394 e. The van der Waals surface area contributed by atoms with E-state index in [4.69, 9.17) is 0 Å². The summed E-state index contributed by atoms with van der Waals surface area (Å²) in [6, 6.07) is 3.54. The summed E-state index contributed by atoms with van der Waals surface area (Å²) in [6.07, 6.45) is 0. The fourth-order valence-electron chi connectivity index (χ4n) is 2.15. The molecule has 0 aliphatic carbocycles. The fourth-order valence-corrected chi connectivity index (χ4v) is 2.15. The fraction of sp³-hybridized carbons (Fsp3) is 0.500. The molecule has 0 amide bonds. The van der Waals surface area contributed by atoms with Gasteiger partial charge in [-0.05, 0) is 17.7 Å². The van der Waals surface area contributed by atoms with Crippen molar-refractivity contribution < 1.29 is 13.9 Å². The summed E-state index contributed by atoms with van der Waals surface area (Å²) in [7, 11) is 0. The van der Waals surface area contributed by atoms with Crippen molar-refractivity contribution in [3.8, 4) is 0 Å². The number of aliphatic hydroxyl groups excluding tert-OH is 1. The maximum Gasteiger partial charge on any atom is 0.159 e. The van der Waals surface area contributed by atoms with E-state index in [0.717, 1.165) is 38.3 Å². The predicted molar refractivity (Wildman–Crippen MR) is 60.6 cm³/mol. The molecule has 0 aromatic heterocycles. The molecule has 2 N–H and O–H groups in total. The lowest BCUT2D eigenvalue weighted by Gasteiger charge is -2.34. The molecule has 1 aromatic rings. The van der Waals surface area contributed by atoms with Crippen LogP contribution in [-0.2, 0) is 0 Å². The molecule has 17 heavy (non-hydrogen) atoms. The van der Waals surface area contributed by atoms with Gasteiger partial charge in [-0.2, -0.15) is 0 Å². The van der Waals surface area contributed by atoms with Crippen molar-refractivity contribution in [1.29, 1.82) is 0 Å². The Hall–Kier alpha value is -1.04. The maximum absolute atomic E-state index is 13.2. The second-order valence-corrected chi connectivity index (χ2v) is 4.16. The highest BCUT2D eigenvalue weighted by atomic mass is 19.2. The molecule has 3 nitrogen and oxygen atoms in total. The normalized spacial score (nSPS) is 19.2. The van der Waals surface area contributed by atoms with Crippen LogP contribution < -0.4 is 5.32 Å². The summed E-state index contributed by atoms with van der Waals surface area (Å²) in [6.45, 7) is 3.19. The Morgan fingerprint density at radius 3 is 2.53 bits per heavy atom. The monoisotopic (exact) mass is 242 g/mol. The standard InChI is InChI=1S/C12H16F2N2O/c13-10-2-1-9(7-11(10)14)12(8-17)16-5-3-15-4-6-16/h1-2,7,12,15,17H,3-6,8H2/t12-/m0/s1. The van der Waals surface area contributed by atoms with Crippen LogP contribution in [0.15, 0.2) is 18.2 Å². The third kappa shape index (κ3) is 2.80. The van der Waals surface area contributed by atoms with E-state index in [9.17, 15) is 13.9 Å². The van der Waals surface area contributed by atoms with Gasteiger partial charge in [-0.1, -0.05) is 6.07 Å². The quantitative estimate of drug-likeness (QED) is 0.826. The van der Waals surface area contributed by atoms with Gasteiger partial charge in [0.25, 0.3) is 0 Å². The number of hydrogen-bond acceptors (Lipinski definition) is 3. The molecule has 0 spiro atoms. The Morgan fingerprint density at radius 2 is 1.94 bits per heavy atom. The van der Waals surface area contributed by atoms with Crippen LogP contribution in [0.2, 0.25) is 0 Å². The van der Waals surface area contributed by atoms with Gasteiger partial charge in [-0.25, -0.2) is 8.78 Å². The smallest absolute Gasteiger partial charge is 0.159 e. The summed E-state index contributed by atoms with van der Waals surface area (Å²) in [5, 5.41) is 12.6. The first-order chi connectivity index (χ1) is 8.22. The Morgan fingerprint density at radius 1 is 1.24 bits per heavy atom. The Kier molecular flexibility index (Phi) is 4.04. The van der Waals surface area contributed by atoms with Crippen LogP contribution in [0.1, 0.15) is 11.6 Å². The van der Waals surface area contributed by atoms with Gasteiger partial charge in [0.05, 0.1) is 12.6 Å². The zero-order valence-electron chi connectivity index (χ0n) is 9.50. The molecule has 1 heterocycles. The highest BCUT2D eigenvalue weighted by Gasteiger charge is 2.22.